The maximum absolute atomic E-state index is 12.8. The van der Waals surface area contributed by atoms with E-state index in [1.54, 1.807) is 11.8 Å². The molecule has 2 aromatic carbocycles. The van der Waals surface area contributed by atoms with Crippen molar-refractivity contribution in [2.75, 3.05) is 24.7 Å². The third kappa shape index (κ3) is 5.29. The number of aromatic nitrogens is 1. The SMILES string of the molecule is CCOC(=O)CCCN(C(=O)COc1nc2ccccc2s1)c1ccccc1. The van der Waals surface area contributed by atoms with Gasteiger partial charge in [0.1, 0.15) is 0 Å². The van der Waals surface area contributed by atoms with Crippen molar-refractivity contribution in [2.24, 2.45) is 0 Å². The van der Waals surface area contributed by atoms with Crippen molar-refractivity contribution in [1.82, 2.24) is 4.98 Å². The lowest BCUT2D eigenvalue weighted by Gasteiger charge is -2.22. The summed E-state index contributed by atoms with van der Waals surface area (Å²) in [6, 6.07) is 17.1. The number of hydrogen-bond donors (Lipinski definition) is 0. The Morgan fingerprint density at radius 2 is 1.82 bits per heavy atom. The van der Waals surface area contributed by atoms with E-state index in [2.05, 4.69) is 4.98 Å². The van der Waals surface area contributed by atoms with E-state index in [1.807, 2.05) is 54.6 Å². The molecule has 0 fully saturated rings. The molecule has 0 aliphatic heterocycles. The number of amides is 1. The third-order valence-electron chi connectivity index (χ3n) is 4.03. The van der Waals surface area contributed by atoms with Crippen LogP contribution in [-0.2, 0) is 14.3 Å². The number of hydrogen-bond acceptors (Lipinski definition) is 6. The lowest BCUT2D eigenvalue weighted by Crippen LogP contribution is -2.36. The van der Waals surface area contributed by atoms with E-state index >= 15 is 0 Å². The van der Waals surface area contributed by atoms with Gasteiger partial charge in [-0.05, 0) is 37.6 Å². The summed E-state index contributed by atoms with van der Waals surface area (Å²) >= 11 is 1.41. The van der Waals surface area contributed by atoms with E-state index in [0.717, 1.165) is 15.9 Å². The van der Waals surface area contributed by atoms with Crippen molar-refractivity contribution in [3.05, 3.63) is 54.6 Å². The van der Waals surface area contributed by atoms with Gasteiger partial charge in [0.25, 0.3) is 11.1 Å². The summed E-state index contributed by atoms with van der Waals surface area (Å²) < 4.78 is 11.6. The predicted molar refractivity (Wildman–Crippen MR) is 110 cm³/mol. The number of thiazole rings is 1. The third-order valence-corrected chi connectivity index (χ3v) is 4.98. The molecule has 1 amide bonds. The van der Waals surface area contributed by atoms with Crippen LogP contribution in [0.4, 0.5) is 5.69 Å². The molecule has 0 atom stereocenters. The molecule has 0 aliphatic rings. The van der Waals surface area contributed by atoms with Gasteiger partial charge < -0.3 is 14.4 Å². The lowest BCUT2D eigenvalue weighted by atomic mass is 10.2. The lowest BCUT2D eigenvalue weighted by molar-refractivity contribution is -0.143. The molecular formula is C21H22N2O4S. The number of carbonyl (C=O) groups is 2. The predicted octanol–water partition coefficient (Wildman–Crippen LogP) is 4.05. The molecule has 0 saturated heterocycles. The fraction of sp³-hybridized carbons (Fsp3) is 0.286. The zero-order valence-electron chi connectivity index (χ0n) is 15.7. The molecule has 0 unspecified atom stereocenters. The van der Waals surface area contributed by atoms with Gasteiger partial charge in [-0.3, -0.25) is 9.59 Å². The summed E-state index contributed by atoms with van der Waals surface area (Å²) in [4.78, 5) is 30.4. The van der Waals surface area contributed by atoms with Crippen molar-refractivity contribution >= 4 is 39.1 Å². The maximum Gasteiger partial charge on any atom is 0.305 e. The maximum atomic E-state index is 12.8. The Morgan fingerprint density at radius 3 is 2.57 bits per heavy atom. The molecule has 3 aromatic rings. The average Bonchev–Trinajstić information content (AvgIpc) is 3.13. The summed E-state index contributed by atoms with van der Waals surface area (Å²) in [6.45, 7) is 2.42. The zero-order valence-corrected chi connectivity index (χ0v) is 16.5. The molecule has 146 valence electrons. The Bertz CT molecular complexity index is 893. The van der Waals surface area contributed by atoms with Crippen LogP contribution in [0.25, 0.3) is 10.2 Å². The van der Waals surface area contributed by atoms with E-state index in [-0.39, 0.29) is 24.9 Å². The molecule has 6 nitrogen and oxygen atoms in total. The summed E-state index contributed by atoms with van der Waals surface area (Å²) in [7, 11) is 0. The van der Waals surface area contributed by atoms with Crippen molar-refractivity contribution in [3.63, 3.8) is 0 Å². The van der Waals surface area contributed by atoms with Gasteiger partial charge in [0.2, 0.25) is 0 Å². The fourth-order valence-electron chi connectivity index (χ4n) is 2.73. The topological polar surface area (TPSA) is 68.7 Å². The number of ether oxygens (including phenoxy) is 2. The molecule has 0 aliphatic carbocycles. The molecule has 0 radical (unpaired) electrons. The highest BCUT2D eigenvalue weighted by atomic mass is 32.1. The van der Waals surface area contributed by atoms with Crippen molar-refractivity contribution in [1.29, 1.82) is 0 Å². The van der Waals surface area contributed by atoms with E-state index in [1.165, 1.54) is 11.3 Å². The van der Waals surface area contributed by atoms with Gasteiger partial charge in [0, 0.05) is 18.7 Å². The molecule has 0 saturated carbocycles. The molecule has 0 bridgehead atoms. The minimum atomic E-state index is -0.256. The molecule has 7 heteroatoms. The van der Waals surface area contributed by atoms with Crippen LogP contribution in [0.5, 0.6) is 5.19 Å². The number of rotatable bonds is 9. The highest BCUT2D eigenvalue weighted by Gasteiger charge is 2.18. The number of anilines is 1. The van der Waals surface area contributed by atoms with Gasteiger partial charge in [-0.2, -0.15) is 0 Å². The highest BCUT2D eigenvalue weighted by Crippen LogP contribution is 2.27. The van der Waals surface area contributed by atoms with Crippen molar-refractivity contribution in [3.8, 4) is 5.19 Å². The van der Waals surface area contributed by atoms with Crippen LogP contribution in [0, 0.1) is 0 Å². The largest absolute Gasteiger partial charge is 0.466 e. The molecule has 0 spiro atoms. The Morgan fingerprint density at radius 1 is 1.07 bits per heavy atom. The Kier molecular flexibility index (Phi) is 6.97. The van der Waals surface area contributed by atoms with Crippen molar-refractivity contribution in [2.45, 2.75) is 19.8 Å². The van der Waals surface area contributed by atoms with Crippen LogP contribution in [-0.4, -0.2) is 36.6 Å². The summed E-state index contributed by atoms with van der Waals surface area (Å²) in [6.07, 6.45) is 0.782. The number of carbonyl (C=O) groups excluding carboxylic acids is 2. The molecule has 0 N–H and O–H groups in total. The van der Waals surface area contributed by atoms with Crippen LogP contribution < -0.4 is 9.64 Å². The number of esters is 1. The number of para-hydroxylation sites is 2. The quantitative estimate of drug-likeness (QED) is 0.509. The first kappa shape index (κ1) is 19.8. The Balaban J connectivity index is 1.63. The van der Waals surface area contributed by atoms with Crippen molar-refractivity contribution < 1.29 is 19.1 Å². The van der Waals surface area contributed by atoms with E-state index in [4.69, 9.17) is 9.47 Å². The molecule has 28 heavy (non-hydrogen) atoms. The van der Waals surface area contributed by atoms with Gasteiger partial charge in [0.05, 0.1) is 16.8 Å². The van der Waals surface area contributed by atoms with Crippen LogP contribution in [0.2, 0.25) is 0 Å². The minimum absolute atomic E-state index is 0.117. The van der Waals surface area contributed by atoms with Gasteiger partial charge in [0.15, 0.2) is 6.61 Å². The molecular weight excluding hydrogens is 376 g/mol. The number of fused-ring (bicyclic) bond motifs is 1. The zero-order chi connectivity index (χ0) is 19.8. The van der Waals surface area contributed by atoms with Gasteiger partial charge >= 0.3 is 5.97 Å². The van der Waals surface area contributed by atoms with Crippen LogP contribution in [0.1, 0.15) is 19.8 Å². The second kappa shape index (κ2) is 9.85. The summed E-state index contributed by atoms with van der Waals surface area (Å²) in [5, 5.41) is 0.467. The first-order chi connectivity index (χ1) is 13.7. The Hall–Kier alpha value is -2.93. The highest BCUT2D eigenvalue weighted by molar-refractivity contribution is 7.20. The Labute approximate surface area is 167 Å². The minimum Gasteiger partial charge on any atom is -0.466 e. The molecule has 3 rings (SSSR count). The standard InChI is InChI=1S/C21H22N2O4S/c1-2-26-20(25)13-8-14-23(16-9-4-3-5-10-16)19(24)15-27-21-22-17-11-6-7-12-18(17)28-21/h3-7,9-12H,2,8,13-15H2,1H3. The fourth-order valence-corrected chi connectivity index (χ4v) is 3.55. The van der Waals surface area contributed by atoms with Gasteiger partial charge in [-0.25, -0.2) is 4.98 Å². The second-order valence-electron chi connectivity index (χ2n) is 6.03. The number of nitrogens with zero attached hydrogens (tertiary/aromatic N) is 2. The van der Waals surface area contributed by atoms with Gasteiger partial charge in [-0.15, -0.1) is 0 Å². The first-order valence-corrected chi connectivity index (χ1v) is 9.98. The smallest absolute Gasteiger partial charge is 0.305 e. The summed E-state index contributed by atoms with van der Waals surface area (Å²) in [5.74, 6) is -0.442. The normalized spacial score (nSPS) is 10.6. The number of benzene rings is 2. The van der Waals surface area contributed by atoms with Crippen LogP contribution in [0.3, 0.4) is 0 Å². The van der Waals surface area contributed by atoms with Gasteiger partial charge in [-0.1, -0.05) is 41.7 Å². The van der Waals surface area contributed by atoms with Crippen LogP contribution >= 0.6 is 11.3 Å². The summed E-state index contributed by atoms with van der Waals surface area (Å²) in [5.41, 5.74) is 1.62. The van der Waals surface area contributed by atoms with Crippen LogP contribution in [0.15, 0.2) is 54.6 Å². The molecule has 1 heterocycles. The molecule has 1 aromatic heterocycles. The van der Waals surface area contributed by atoms with E-state index in [9.17, 15) is 9.59 Å². The van der Waals surface area contributed by atoms with E-state index < -0.39 is 0 Å². The second-order valence-corrected chi connectivity index (χ2v) is 7.02. The monoisotopic (exact) mass is 398 g/mol. The average molecular weight is 398 g/mol. The first-order valence-electron chi connectivity index (χ1n) is 9.16. The van der Waals surface area contributed by atoms with E-state index in [0.29, 0.717) is 24.8 Å².